The zero-order chi connectivity index (χ0) is 27.8. The van der Waals surface area contributed by atoms with Crippen molar-refractivity contribution >= 4 is 49.8 Å². The summed E-state index contributed by atoms with van der Waals surface area (Å²) in [7, 11) is -3.04. The van der Waals surface area contributed by atoms with Gasteiger partial charge in [0, 0.05) is 48.2 Å². The van der Waals surface area contributed by atoms with E-state index >= 15 is 0 Å². The molecule has 10 nitrogen and oxygen atoms in total. The highest BCUT2D eigenvalue weighted by Crippen LogP contribution is 2.35. The molecule has 0 bridgehead atoms. The molecule has 5 rings (SSSR count). The first kappa shape index (κ1) is 27.6. The molecule has 1 aliphatic heterocycles. The third-order valence-electron chi connectivity index (χ3n) is 7.09. The number of halogens is 2. The summed E-state index contributed by atoms with van der Waals surface area (Å²) in [6.07, 6.45) is 5.76. The molecule has 4 heterocycles. The molecule has 1 atom stereocenters. The predicted octanol–water partition coefficient (Wildman–Crippen LogP) is 4.59. The maximum Gasteiger partial charge on any atom is 0.151 e. The van der Waals surface area contributed by atoms with Gasteiger partial charge in [-0.05, 0) is 56.5 Å². The van der Waals surface area contributed by atoms with Crippen LogP contribution in [0.15, 0.2) is 42.7 Å². The highest BCUT2D eigenvalue weighted by atomic mass is 35.5. The second kappa shape index (κ2) is 10.9. The number of rotatable bonds is 8. The zero-order valence-electron chi connectivity index (χ0n) is 21.6. The van der Waals surface area contributed by atoms with Crippen LogP contribution in [0.3, 0.4) is 0 Å². The topological polar surface area (TPSA) is 140 Å². The fourth-order valence-corrected chi connectivity index (χ4v) is 6.22. The van der Waals surface area contributed by atoms with Gasteiger partial charge in [-0.1, -0.05) is 23.2 Å². The maximum absolute atomic E-state index is 11.6. The Morgan fingerprint density at radius 3 is 2.49 bits per heavy atom. The van der Waals surface area contributed by atoms with Crippen molar-refractivity contribution in [2.75, 3.05) is 30.0 Å². The van der Waals surface area contributed by atoms with Crippen LogP contribution in [-0.2, 0) is 9.84 Å². The van der Waals surface area contributed by atoms with Gasteiger partial charge in [-0.2, -0.15) is 5.10 Å². The van der Waals surface area contributed by atoms with Gasteiger partial charge in [0.1, 0.15) is 33.1 Å². The fraction of sp³-hybridized carbons (Fsp3) is 0.385. The Labute approximate surface area is 236 Å². The van der Waals surface area contributed by atoms with E-state index in [1.165, 1.54) is 18.6 Å². The SMILES string of the molecule is C[C@@H](Oc1ccc2[nH]nc(-c3ccc(N4CCC(N)(CCS(C)(=O)=O)CC4)nn3)c2c1)c1c(Cl)cncc1Cl. The number of ether oxygens (including phenoxy) is 1. The van der Waals surface area contributed by atoms with Gasteiger partial charge >= 0.3 is 0 Å². The standard InChI is InChI=1S/C26H29Cl2N7O3S/c1-16(24-19(27)14-30-15-20(24)28)38-17-3-4-21-18(13-17)25(34-31-21)22-5-6-23(33-32-22)35-10-7-26(29,8-11-35)9-12-39(2,36)37/h3-6,13-16H,7-12,29H2,1-2H3,(H,31,34)/t16-/m1/s1. The van der Waals surface area contributed by atoms with E-state index < -0.39 is 21.5 Å². The largest absolute Gasteiger partial charge is 0.486 e. The molecule has 0 saturated carbocycles. The number of benzene rings is 1. The molecule has 0 unspecified atom stereocenters. The number of nitrogens with two attached hydrogens (primary N) is 1. The summed E-state index contributed by atoms with van der Waals surface area (Å²) >= 11 is 12.6. The number of nitrogens with one attached hydrogen (secondary N) is 1. The minimum absolute atomic E-state index is 0.104. The van der Waals surface area contributed by atoms with E-state index in [2.05, 4.69) is 30.3 Å². The monoisotopic (exact) mass is 589 g/mol. The molecule has 1 saturated heterocycles. The van der Waals surface area contributed by atoms with Gasteiger partial charge in [-0.25, -0.2) is 8.42 Å². The Balaban J connectivity index is 1.30. The number of aromatic nitrogens is 5. The molecule has 0 radical (unpaired) electrons. The third kappa shape index (κ3) is 6.27. The molecule has 3 aromatic heterocycles. The number of aromatic amines is 1. The number of nitrogens with zero attached hydrogens (tertiary/aromatic N) is 5. The van der Waals surface area contributed by atoms with E-state index in [-0.39, 0.29) is 5.75 Å². The minimum atomic E-state index is -3.04. The Morgan fingerprint density at radius 2 is 1.85 bits per heavy atom. The summed E-state index contributed by atoms with van der Waals surface area (Å²) in [4.78, 5) is 6.12. The van der Waals surface area contributed by atoms with Crippen molar-refractivity contribution in [1.82, 2.24) is 25.4 Å². The summed E-state index contributed by atoms with van der Waals surface area (Å²) in [5.74, 6) is 1.47. The predicted molar refractivity (Wildman–Crippen MR) is 153 cm³/mol. The van der Waals surface area contributed by atoms with Gasteiger partial charge in [-0.15, -0.1) is 10.2 Å². The summed E-state index contributed by atoms with van der Waals surface area (Å²) in [5, 5.41) is 18.1. The van der Waals surface area contributed by atoms with Gasteiger partial charge in [-0.3, -0.25) is 10.1 Å². The molecule has 1 aromatic carbocycles. The fourth-order valence-electron chi connectivity index (χ4n) is 4.77. The average molecular weight is 591 g/mol. The number of anilines is 1. The van der Waals surface area contributed by atoms with Crippen molar-refractivity contribution in [3.8, 4) is 17.1 Å². The Hall–Kier alpha value is -2.99. The smallest absolute Gasteiger partial charge is 0.151 e. The number of H-pyrrole nitrogens is 1. The van der Waals surface area contributed by atoms with Crippen LogP contribution in [0.5, 0.6) is 5.75 Å². The van der Waals surface area contributed by atoms with Crippen LogP contribution in [-0.4, -0.2) is 64.4 Å². The molecule has 13 heteroatoms. The highest BCUT2D eigenvalue weighted by Gasteiger charge is 2.32. The third-order valence-corrected chi connectivity index (χ3v) is 8.64. The number of sulfone groups is 1. The van der Waals surface area contributed by atoms with Crippen molar-refractivity contribution < 1.29 is 13.2 Å². The number of hydrogen-bond acceptors (Lipinski definition) is 9. The van der Waals surface area contributed by atoms with E-state index in [4.69, 9.17) is 33.7 Å². The molecule has 3 N–H and O–H groups in total. The van der Waals surface area contributed by atoms with Gasteiger partial charge in [0.25, 0.3) is 0 Å². The summed E-state index contributed by atoms with van der Waals surface area (Å²) in [6, 6.07) is 9.44. The van der Waals surface area contributed by atoms with Gasteiger partial charge in [0.05, 0.1) is 21.3 Å². The molecule has 0 spiro atoms. The zero-order valence-corrected chi connectivity index (χ0v) is 23.9. The minimum Gasteiger partial charge on any atom is -0.486 e. The van der Waals surface area contributed by atoms with Crippen LogP contribution in [0.1, 0.15) is 37.9 Å². The van der Waals surface area contributed by atoms with Crippen LogP contribution in [0.2, 0.25) is 10.0 Å². The molecule has 0 aliphatic carbocycles. The van der Waals surface area contributed by atoms with Crippen LogP contribution < -0.4 is 15.4 Å². The summed E-state index contributed by atoms with van der Waals surface area (Å²) < 4.78 is 29.3. The lowest BCUT2D eigenvalue weighted by Gasteiger charge is -2.39. The summed E-state index contributed by atoms with van der Waals surface area (Å²) in [6.45, 7) is 3.24. The van der Waals surface area contributed by atoms with Gasteiger partial charge < -0.3 is 15.4 Å². The molecular formula is C26H29Cl2N7O3S. The first-order valence-corrected chi connectivity index (χ1v) is 15.3. The van der Waals surface area contributed by atoms with E-state index in [1.54, 1.807) is 0 Å². The van der Waals surface area contributed by atoms with Gasteiger partial charge in [0.15, 0.2) is 5.82 Å². The Bertz CT molecular complexity index is 1570. The molecule has 1 fully saturated rings. The maximum atomic E-state index is 11.6. The summed E-state index contributed by atoms with van der Waals surface area (Å²) in [5.41, 5.74) is 8.77. The molecule has 39 heavy (non-hydrogen) atoms. The van der Waals surface area contributed by atoms with Crippen molar-refractivity contribution in [2.24, 2.45) is 5.73 Å². The van der Waals surface area contributed by atoms with Crippen molar-refractivity contribution in [3.05, 3.63) is 58.3 Å². The molecule has 206 valence electrons. The molecule has 4 aromatic rings. The lowest BCUT2D eigenvalue weighted by Crippen LogP contribution is -2.51. The van der Waals surface area contributed by atoms with Crippen molar-refractivity contribution in [1.29, 1.82) is 0 Å². The van der Waals surface area contributed by atoms with Crippen LogP contribution in [0.25, 0.3) is 22.3 Å². The lowest BCUT2D eigenvalue weighted by atomic mass is 9.86. The first-order chi connectivity index (χ1) is 18.5. The number of pyridine rings is 1. The van der Waals surface area contributed by atoms with E-state index in [0.29, 0.717) is 65.1 Å². The lowest BCUT2D eigenvalue weighted by molar-refractivity contribution is 0.227. The first-order valence-electron chi connectivity index (χ1n) is 12.5. The van der Waals surface area contributed by atoms with E-state index in [9.17, 15) is 8.42 Å². The molecule has 0 amide bonds. The van der Waals surface area contributed by atoms with E-state index in [0.717, 1.165) is 16.7 Å². The average Bonchev–Trinajstić information content (AvgIpc) is 3.31. The Kier molecular flexibility index (Phi) is 7.69. The molecular weight excluding hydrogens is 561 g/mol. The number of hydrogen-bond donors (Lipinski definition) is 2. The van der Waals surface area contributed by atoms with Gasteiger partial charge in [0.2, 0.25) is 0 Å². The quantitative estimate of drug-likeness (QED) is 0.301. The normalized spacial score (nSPS) is 16.4. The van der Waals surface area contributed by atoms with Crippen molar-refractivity contribution in [3.63, 3.8) is 0 Å². The van der Waals surface area contributed by atoms with E-state index in [1.807, 2.05) is 37.3 Å². The van der Waals surface area contributed by atoms with Crippen LogP contribution in [0.4, 0.5) is 5.82 Å². The number of piperidine rings is 1. The highest BCUT2D eigenvalue weighted by molar-refractivity contribution is 7.90. The van der Waals surface area contributed by atoms with Crippen molar-refractivity contribution in [2.45, 2.75) is 37.8 Å². The van der Waals surface area contributed by atoms with Crippen LogP contribution >= 0.6 is 23.2 Å². The second-order valence-corrected chi connectivity index (χ2v) is 13.1. The molecule has 1 aliphatic rings. The van der Waals surface area contributed by atoms with Crippen LogP contribution in [0, 0.1) is 0 Å². The second-order valence-electron chi connectivity index (χ2n) is 10.1. The number of fused-ring (bicyclic) bond motifs is 1. The Morgan fingerprint density at radius 1 is 1.13 bits per heavy atom.